The standard InChI is InChI=1S/C90H54N8/c1-93-76-40-34-64(35-41-76)73-47-75(51-78(49-73)98-86-44-38-69(61-20-10-4-11-21-61)54-82(86)83-55-70(39-45-87(83)98)62-22-12-5-13-23-62)90-95-88(66-32-30-65(31-33-66)79-25-15-14-24-71(79)57-92)94-89(96-90)74-46-72(63-28-26-58(56-91)27-29-63)48-77(50-74)97-84-42-36-67(59-16-6-2-7-17-59)52-80(84)81-53-68(37-43-85(81)97)60-18-8-3-9-19-60/h2-55H. The lowest BCUT2D eigenvalue weighted by molar-refractivity contribution is 1.07. The largest absolute Gasteiger partial charge is 0.309 e. The zero-order valence-electron chi connectivity index (χ0n) is 52.8. The monoisotopic (exact) mass is 1250 g/mol. The summed E-state index contributed by atoms with van der Waals surface area (Å²) in [4.78, 5) is 20.4. The predicted molar refractivity (Wildman–Crippen MR) is 399 cm³/mol. The van der Waals surface area contributed by atoms with E-state index in [1.807, 2.05) is 121 Å². The molecule has 14 aromatic carbocycles. The van der Waals surface area contributed by atoms with Gasteiger partial charge in [-0.05, 0) is 181 Å². The zero-order chi connectivity index (χ0) is 65.6. The highest BCUT2D eigenvalue weighted by molar-refractivity contribution is 6.13. The highest BCUT2D eigenvalue weighted by Crippen LogP contribution is 2.43. The van der Waals surface area contributed by atoms with Crippen LogP contribution in [-0.2, 0) is 0 Å². The Balaban J connectivity index is 0.917. The van der Waals surface area contributed by atoms with Gasteiger partial charge in [-0.15, -0.1) is 0 Å². The first kappa shape index (κ1) is 58.0. The summed E-state index contributed by atoms with van der Waals surface area (Å²) in [7, 11) is 0. The summed E-state index contributed by atoms with van der Waals surface area (Å²) in [6, 6.07) is 118. The van der Waals surface area contributed by atoms with Crippen molar-refractivity contribution in [1.82, 2.24) is 24.1 Å². The molecule has 0 spiro atoms. The first-order valence-electron chi connectivity index (χ1n) is 32.4. The molecule has 0 N–H and O–H groups in total. The van der Waals surface area contributed by atoms with Crippen molar-refractivity contribution in [1.29, 1.82) is 10.5 Å². The van der Waals surface area contributed by atoms with Crippen molar-refractivity contribution < 1.29 is 0 Å². The maximum Gasteiger partial charge on any atom is 0.187 e. The van der Waals surface area contributed by atoms with E-state index in [2.05, 4.69) is 232 Å². The van der Waals surface area contributed by atoms with Crippen molar-refractivity contribution in [2.75, 3.05) is 0 Å². The third-order valence-electron chi connectivity index (χ3n) is 18.6. The molecule has 0 fully saturated rings. The third kappa shape index (κ3) is 10.7. The van der Waals surface area contributed by atoms with Crippen LogP contribution in [-0.4, -0.2) is 24.1 Å². The molecule has 3 aromatic heterocycles. The predicted octanol–water partition coefficient (Wildman–Crippen LogP) is 23.0. The number of fused-ring (bicyclic) bond motifs is 6. The molecule has 8 heteroatoms. The van der Waals surface area contributed by atoms with Gasteiger partial charge in [0.15, 0.2) is 23.2 Å². The quantitative estimate of drug-likeness (QED) is 0.113. The average Bonchev–Trinajstić information content (AvgIpc) is 1.60. The normalized spacial score (nSPS) is 11.2. The van der Waals surface area contributed by atoms with Crippen LogP contribution in [0.3, 0.4) is 0 Å². The summed E-state index contributed by atoms with van der Waals surface area (Å²) >= 11 is 0. The molecule has 0 saturated heterocycles. The van der Waals surface area contributed by atoms with Gasteiger partial charge in [0.25, 0.3) is 0 Å². The molecule has 0 unspecified atom stereocenters. The van der Waals surface area contributed by atoms with Gasteiger partial charge in [-0.25, -0.2) is 19.8 Å². The van der Waals surface area contributed by atoms with Crippen LogP contribution in [0.1, 0.15) is 11.1 Å². The molecule has 98 heavy (non-hydrogen) atoms. The van der Waals surface area contributed by atoms with Crippen LogP contribution in [0.4, 0.5) is 5.69 Å². The maximum atomic E-state index is 10.2. The lowest BCUT2D eigenvalue weighted by atomic mass is 9.99. The van der Waals surface area contributed by atoms with E-state index in [0.29, 0.717) is 34.3 Å². The van der Waals surface area contributed by atoms with Gasteiger partial charge >= 0.3 is 0 Å². The summed E-state index contributed by atoms with van der Waals surface area (Å²) in [5.41, 5.74) is 24.1. The summed E-state index contributed by atoms with van der Waals surface area (Å²) in [6.07, 6.45) is 0. The van der Waals surface area contributed by atoms with Crippen molar-refractivity contribution in [3.8, 4) is 136 Å². The van der Waals surface area contributed by atoms with Crippen LogP contribution in [0.15, 0.2) is 328 Å². The van der Waals surface area contributed by atoms with Gasteiger partial charge in [-0.1, -0.05) is 224 Å². The first-order chi connectivity index (χ1) is 48.4. The Morgan fingerprint density at radius 1 is 0.265 bits per heavy atom. The van der Waals surface area contributed by atoms with Crippen LogP contribution in [0.5, 0.6) is 0 Å². The molecular formula is C90H54N8. The fraction of sp³-hybridized carbons (Fsp3) is 0. The lowest BCUT2D eigenvalue weighted by Gasteiger charge is -2.16. The van der Waals surface area contributed by atoms with Crippen LogP contribution in [0, 0.1) is 29.2 Å². The minimum Gasteiger partial charge on any atom is -0.309 e. The molecule has 8 nitrogen and oxygen atoms in total. The Kier molecular flexibility index (Phi) is 14.5. The number of rotatable bonds is 12. The van der Waals surface area contributed by atoms with E-state index in [9.17, 15) is 10.5 Å². The fourth-order valence-corrected chi connectivity index (χ4v) is 13.8. The molecule has 0 aliphatic rings. The Labute approximate surface area is 566 Å². The van der Waals surface area contributed by atoms with Crippen molar-refractivity contribution in [3.05, 3.63) is 350 Å². The van der Waals surface area contributed by atoms with Gasteiger partial charge in [-0.2, -0.15) is 10.5 Å². The van der Waals surface area contributed by atoms with Crippen LogP contribution in [0.2, 0.25) is 0 Å². The average molecular weight is 1250 g/mol. The lowest BCUT2D eigenvalue weighted by Crippen LogP contribution is -2.03. The minimum absolute atomic E-state index is 0.436. The van der Waals surface area contributed by atoms with E-state index >= 15 is 0 Å². The molecule has 17 rings (SSSR count). The second kappa shape index (κ2) is 24.6. The molecule has 17 aromatic rings. The van der Waals surface area contributed by atoms with Crippen molar-refractivity contribution in [2.45, 2.75) is 0 Å². The van der Waals surface area contributed by atoms with Gasteiger partial charge in [0, 0.05) is 49.6 Å². The number of benzene rings is 14. The topological polar surface area (TPSA) is 100 Å². The smallest absolute Gasteiger partial charge is 0.187 e. The zero-order valence-corrected chi connectivity index (χ0v) is 52.8. The van der Waals surface area contributed by atoms with Gasteiger partial charge in [0.2, 0.25) is 0 Å². The van der Waals surface area contributed by atoms with E-state index in [-0.39, 0.29) is 0 Å². The highest BCUT2D eigenvalue weighted by Gasteiger charge is 2.23. The number of aromatic nitrogens is 5. The van der Waals surface area contributed by atoms with Gasteiger partial charge < -0.3 is 9.13 Å². The fourth-order valence-electron chi connectivity index (χ4n) is 13.8. The van der Waals surface area contributed by atoms with Crippen molar-refractivity contribution in [2.24, 2.45) is 0 Å². The van der Waals surface area contributed by atoms with E-state index in [4.69, 9.17) is 21.5 Å². The summed E-state index contributed by atoms with van der Waals surface area (Å²) in [5.74, 6) is 1.32. The molecule has 0 atom stereocenters. The minimum atomic E-state index is 0.436. The van der Waals surface area contributed by atoms with Gasteiger partial charge in [0.05, 0.1) is 51.9 Å². The molecule has 0 saturated carbocycles. The summed E-state index contributed by atoms with van der Waals surface area (Å²) < 4.78 is 4.69. The summed E-state index contributed by atoms with van der Waals surface area (Å²) in [5, 5.41) is 24.7. The van der Waals surface area contributed by atoms with E-state index in [1.165, 1.54) is 0 Å². The van der Waals surface area contributed by atoms with Crippen LogP contribution in [0.25, 0.3) is 172 Å². The first-order valence-corrected chi connectivity index (χ1v) is 32.4. The second-order valence-corrected chi connectivity index (χ2v) is 24.5. The Bertz CT molecular complexity index is 5580. The molecule has 454 valence electrons. The molecule has 0 bridgehead atoms. The molecule has 0 amide bonds. The molecule has 0 aliphatic heterocycles. The third-order valence-corrected chi connectivity index (χ3v) is 18.6. The number of nitriles is 2. The Morgan fingerprint density at radius 3 is 0.959 bits per heavy atom. The highest BCUT2D eigenvalue weighted by atomic mass is 15.0. The molecule has 3 heterocycles. The molecule has 0 aliphatic carbocycles. The van der Waals surface area contributed by atoms with Gasteiger partial charge in [-0.3, -0.25) is 0 Å². The Hall–Kier alpha value is -13.8. The van der Waals surface area contributed by atoms with E-state index in [0.717, 1.165) is 150 Å². The maximum absolute atomic E-state index is 10.2. The number of nitrogens with zero attached hydrogens (tertiary/aromatic N) is 8. The van der Waals surface area contributed by atoms with Crippen LogP contribution >= 0.6 is 0 Å². The summed E-state index contributed by atoms with van der Waals surface area (Å²) in [6.45, 7) is 7.89. The van der Waals surface area contributed by atoms with E-state index < -0.39 is 0 Å². The second-order valence-electron chi connectivity index (χ2n) is 24.5. The van der Waals surface area contributed by atoms with Gasteiger partial charge in [0.1, 0.15) is 0 Å². The molecule has 0 radical (unpaired) electrons. The number of hydrogen-bond acceptors (Lipinski definition) is 5. The SMILES string of the molecule is [C-]#[N+]c1ccc(-c2cc(-c3nc(-c4ccc(-c5ccccc5C#N)cc4)nc(-c4cc(-c5ccc(C#N)cc5)cc(-n5c6ccc(-c7ccccc7)cc6c6cc(-c7ccccc7)ccc65)c4)n3)cc(-n3c4ccc(-c5ccccc5)cc4c4cc(-c5ccccc5)ccc43)c2)cc1. The molecular weight excluding hydrogens is 1190 g/mol. The van der Waals surface area contributed by atoms with E-state index in [1.54, 1.807) is 0 Å². The number of hydrogen-bond donors (Lipinski definition) is 0. The Morgan fingerprint density at radius 2 is 0.582 bits per heavy atom. The van der Waals surface area contributed by atoms with Crippen molar-refractivity contribution in [3.63, 3.8) is 0 Å². The van der Waals surface area contributed by atoms with Crippen LogP contribution < -0.4 is 0 Å². The van der Waals surface area contributed by atoms with Crippen molar-refractivity contribution >= 4 is 49.3 Å².